The second-order valence-electron chi connectivity index (χ2n) is 7.11. The van der Waals surface area contributed by atoms with E-state index in [4.69, 9.17) is 21.3 Å². The second-order valence-corrected chi connectivity index (χ2v) is 7.55. The normalized spacial score (nSPS) is 16.0. The molecular formula is C22H19ClN4O2. The van der Waals surface area contributed by atoms with Gasteiger partial charge in [0, 0.05) is 11.2 Å². The Morgan fingerprint density at radius 2 is 2.14 bits per heavy atom. The summed E-state index contributed by atoms with van der Waals surface area (Å²) in [5.74, 6) is 2.19. The summed E-state index contributed by atoms with van der Waals surface area (Å²) in [6.07, 6.45) is 1.83. The minimum absolute atomic E-state index is 0.0393. The predicted octanol–water partition coefficient (Wildman–Crippen LogP) is 4.48. The monoisotopic (exact) mass is 406 g/mol. The number of hydrogen-bond donors (Lipinski definition) is 2. The van der Waals surface area contributed by atoms with E-state index < -0.39 is 0 Å². The van der Waals surface area contributed by atoms with Gasteiger partial charge in [0.2, 0.25) is 0 Å². The van der Waals surface area contributed by atoms with Crippen molar-refractivity contribution in [1.82, 2.24) is 15.0 Å². The number of rotatable bonds is 3. The van der Waals surface area contributed by atoms with E-state index >= 15 is 0 Å². The van der Waals surface area contributed by atoms with E-state index in [9.17, 15) is 5.11 Å². The molecule has 0 radical (unpaired) electrons. The van der Waals surface area contributed by atoms with Crippen LogP contribution in [-0.2, 0) is 0 Å². The summed E-state index contributed by atoms with van der Waals surface area (Å²) in [5, 5.41) is 10.6. The quantitative estimate of drug-likeness (QED) is 0.524. The van der Waals surface area contributed by atoms with Crippen LogP contribution in [-0.4, -0.2) is 39.3 Å². The first-order valence-corrected chi connectivity index (χ1v) is 9.76. The molecule has 2 N–H and O–H groups in total. The third kappa shape index (κ3) is 3.10. The summed E-state index contributed by atoms with van der Waals surface area (Å²) in [5.41, 5.74) is 4.48. The number of nitrogens with one attached hydrogen (secondary N) is 1. The first-order valence-electron chi connectivity index (χ1n) is 9.38. The van der Waals surface area contributed by atoms with Crippen LogP contribution in [0, 0.1) is 6.92 Å². The third-order valence-electron chi connectivity index (χ3n) is 5.09. The number of anilines is 2. The van der Waals surface area contributed by atoms with Crippen LogP contribution in [0.3, 0.4) is 0 Å². The van der Waals surface area contributed by atoms with Crippen LogP contribution in [0.15, 0.2) is 54.7 Å². The SMILES string of the molecule is Cc1ccc(N2c3cccc(-c4nc5ccc(Cl)cc5[nH]4)c3OCC2CO)nc1. The van der Waals surface area contributed by atoms with Crippen LogP contribution in [0.25, 0.3) is 22.4 Å². The predicted molar refractivity (Wildman–Crippen MR) is 114 cm³/mol. The summed E-state index contributed by atoms with van der Waals surface area (Å²) < 4.78 is 6.09. The standard InChI is InChI=1S/C22H19ClN4O2/c1-13-5-8-20(24-10-13)27-15(11-28)12-29-21-16(3-2-4-19(21)27)22-25-17-7-6-14(23)9-18(17)26-22/h2-10,15,28H,11-12H2,1H3,(H,25,26). The molecule has 2 aromatic heterocycles. The molecule has 1 aliphatic heterocycles. The fourth-order valence-electron chi connectivity index (χ4n) is 3.66. The number of fused-ring (bicyclic) bond motifs is 2. The summed E-state index contributed by atoms with van der Waals surface area (Å²) in [6.45, 7) is 2.31. The highest BCUT2D eigenvalue weighted by molar-refractivity contribution is 6.31. The molecule has 0 fully saturated rings. The van der Waals surface area contributed by atoms with Gasteiger partial charge in [-0.1, -0.05) is 23.7 Å². The number of hydrogen-bond acceptors (Lipinski definition) is 5. The highest BCUT2D eigenvalue weighted by Crippen LogP contribution is 2.44. The lowest BCUT2D eigenvalue weighted by atomic mass is 10.1. The number of para-hydroxylation sites is 1. The molecule has 0 spiro atoms. The van der Waals surface area contributed by atoms with E-state index in [0.717, 1.165) is 33.7 Å². The van der Waals surface area contributed by atoms with Crippen LogP contribution in [0.4, 0.5) is 11.5 Å². The van der Waals surface area contributed by atoms with Gasteiger partial charge in [-0.3, -0.25) is 0 Å². The van der Waals surface area contributed by atoms with Crippen molar-refractivity contribution < 1.29 is 9.84 Å². The zero-order valence-electron chi connectivity index (χ0n) is 15.8. The molecule has 1 unspecified atom stereocenters. The Balaban J connectivity index is 1.65. The number of H-pyrrole nitrogens is 1. The first kappa shape index (κ1) is 18.0. The number of halogens is 1. The Kier molecular flexibility index (Phi) is 4.38. The topological polar surface area (TPSA) is 74.3 Å². The van der Waals surface area contributed by atoms with Crippen LogP contribution < -0.4 is 9.64 Å². The van der Waals surface area contributed by atoms with Gasteiger partial charge in [-0.15, -0.1) is 0 Å². The Morgan fingerprint density at radius 1 is 1.24 bits per heavy atom. The van der Waals surface area contributed by atoms with Crippen molar-refractivity contribution in [3.8, 4) is 17.1 Å². The molecule has 0 amide bonds. The average molecular weight is 407 g/mol. The molecule has 1 atom stereocenters. The van der Waals surface area contributed by atoms with E-state index in [1.807, 2.05) is 66.6 Å². The fraction of sp³-hybridized carbons (Fsp3) is 0.182. The number of aliphatic hydroxyl groups is 1. The molecule has 146 valence electrons. The number of ether oxygens (including phenoxy) is 1. The van der Waals surface area contributed by atoms with E-state index in [0.29, 0.717) is 23.2 Å². The molecule has 6 nitrogen and oxygen atoms in total. The number of aromatic amines is 1. The smallest absolute Gasteiger partial charge is 0.154 e. The van der Waals surface area contributed by atoms with E-state index in [2.05, 4.69) is 9.97 Å². The van der Waals surface area contributed by atoms with Gasteiger partial charge in [-0.05, 0) is 48.9 Å². The maximum atomic E-state index is 9.93. The molecule has 29 heavy (non-hydrogen) atoms. The lowest BCUT2D eigenvalue weighted by molar-refractivity contribution is 0.195. The minimum atomic E-state index is -0.220. The Labute approximate surface area is 172 Å². The largest absolute Gasteiger partial charge is 0.488 e. The number of aliphatic hydroxyl groups excluding tert-OH is 1. The summed E-state index contributed by atoms with van der Waals surface area (Å²) in [4.78, 5) is 14.6. The van der Waals surface area contributed by atoms with Crippen LogP contribution >= 0.6 is 11.6 Å². The highest BCUT2D eigenvalue weighted by Gasteiger charge is 2.31. The number of imidazole rings is 1. The fourth-order valence-corrected chi connectivity index (χ4v) is 3.83. The zero-order chi connectivity index (χ0) is 20.0. The van der Waals surface area contributed by atoms with Crippen molar-refractivity contribution in [2.75, 3.05) is 18.1 Å². The molecule has 0 saturated heterocycles. The van der Waals surface area contributed by atoms with Crippen molar-refractivity contribution in [3.63, 3.8) is 0 Å². The van der Waals surface area contributed by atoms with Gasteiger partial charge < -0.3 is 19.7 Å². The van der Waals surface area contributed by atoms with Gasteiger partial charge in [0.05, 0.1) is 34.9 Å². The summed E-state index contributed by atoms with van der Waals surface area (Å²) in [7, 11) is 0. The molecule has 0 aliphatic carbocycles. The van der Waals surface area contributed by atoms with E-state index in [-0.39, 0.29) is 12.6 Å². The molecule has 5 rings (SSSR count). The molecule has 3 heterocycles. The lowest BCUT2D eigenvalue weighted by Gasteiger charge is -2.37. The molecular weight excluding hydrogens is 388 g/mol. The van der Waals surface area contributed by atoms with Crippen LogP contribution in [0.5, 0.6) is 5.75 Å². The first-order chi connectivity index (χ1) is 14.1. The molecule has 0 bridgehead atoms. The number of nitrogens with zero attached hydrogens (tertiary/aromatic N) is 3. The van der Waals surface area contributed by atoms with Gasteiger partial charge >= 0.3 is 0 Å². The molecule has 4 aromatic rings. The number of pyridine rings is 1. The maximum Gasteiger partial charge on any atom is 0.154 e. The molecule has 1 aliphatic rings. The number of aromatic nitrogens is 3. The van der Waals surface area contributed by atoms with Crippen LogP contribution in [0.2, 0.25) is 5.02 Å². The summed E-state index contributed by atoms with van der Waals surface area (Å²) >= 11 is 6.11. The average Bonchev–Trinajstić information content (AvgIpc) is 3.16. The van der Waals surface area contributed by atoms with Crippen LogP contribution in [0.1, 0.15) is 5.56 Å². The second kappa shape index (κ2) is 7.06. The lowest BCUT2D eigenvalue weighted by Crippen LogP contribution is -2.43. The van der Waals surface area contributed by atoms with Gasteiger partial charge in [0.25, 0.3) is 0 Å². The van der Waals surface area contributed by atoms with Gasteiger partial charge in [0.15, 0.2) is 5.75 Å². The highest BCUT2D eigenvalue weighted by atomic mass is 35.5. The minimum Gasteiger partial charge on any atom is -0.488 e. The van der Waals surface area contributed by atoms with Crippen molar-refractivity contribution in [2.45, 2.75) is 13.0 Å². The Bertz CT molecular complexity index is 1190. The molecule has 2 aromatic carbocycles. The number of benzene rings is 2. The third-order valence-corrected chi connectivity index (χ3v) is 5.33. The van der Waals surface area contributed by atoms with Crippen molar-refractivity contribution in [2.24, 2.45) is 0 Å². The molecule has 7 heteroatoms. The molecule has 0 saturated carbocycles. The Hall–Kier alpha value is -3.09. The van der Waals surface area contributed by atoms with Crippen molar-refractivity contribution in [1.29, 1.82) is 0 Å². The Morgan fingerprint density at radius 3 is 2.93 bits per heavy atom. The van der Waals surface area contributed by atoms with Gasteiger partial charge in [0.1, 0.15) is 18.2 Å². The van der Waals surface area contributed by atoms with E-state index in [1.165, 1.54) is 0 Å². The maximum absolute atomic E-state index is 9.93. The van der Waals surface area contributed by atoms with E-state index in [1.54, 1.807) is 0 Å². The summed E-state index contributed by atoms with van der Waals surface area (Å²) in [6, 6.07) is 15.2. The van der Waals surface area contributed by atoms with Crippen molar-refractivity contribution in [3.05, 3.63) is 65.3 Å². The van der Waals surface area contributed by atoms with Gasteiger partial charge in [-0.2, -0.15) is 0 Å². The van der Waals surface area contributed by atoms with Crippen molar-refractivity contribution >= 4 is 34.1 Å². The van der Waals surface area contributed by atoms with Gasteiger partial charge in [-0.25, -0.2) is 9.97 Å². The number of aryl methyl sites for hydroxylation is 1. The zero-order valence-corrected chi connectivity index (χ0v) is 16.5.